The first-order valence-electron chi connectivity index (χ1n) is 5.36. The zero-order valence-corrected chi connectivity index (χ0v) is 10.9. The summed E-state index contributed by atoms with van der Waals surface area (Å²) < 4.78 is 5.29. The maximum absolute atomic E-state index is 11.4. The van der Waals surface area contributed by atoms with Crippen molar-refractivity contribution in [2.45, 2.75) is 26.5 Å². The number of nitrogens with two attached hydrogens (primary N) is 1. The van der Waals surface area contributed by atoms with Gasteiger partial charge < -0.3 is 15.8 Å². The molecule has 0 spiro atoms. The first-order valence-corrected chi connectivity index (χ1v) is 5.36. The van der Waals surface area contributed by atoms with Crippen molar-refractivity contribution in [1.82, 2.24) is 0 Å². The summed E-state index contributed by atoms with van der Waals surface area (Å²) in [5.41, 5.74) is 7.25. The molecule has 0 unspecified atom stereocenters. The van der Waals surface area contributed by atoms with Gasteiger partial charge >= 0.3 is 0 Å². The maximum Gasteiger partial charge on any atom is 0.240 e. The van der Waals surface area contributed by atoms with Gasteiger partial charge in [0.1, 0.15) is 0 Å². The summed E-state index contributed by atoms with van der Waals surface area (Å²) in [5, 5.41) is 2.74. The number of rotatable bonds is 5. The van der Waals surface area contributed by atoms with Crippen molar-refractivity contribution < 1.29 is 9.53 Å². The van der Waals surface area contributed by atoms with Gasteiger partial charge in [0, 0.05) is 12.3 Å². The molecule has 0 aliphatic rings. The Labute approximate surface area is 108 Å². The van der Waals surface area contributed by atoms with Crippen LogP contribution in [0.25, 0.3) is 0 Å². The minimum absolute atomic E-state index is 0. The summed E-state index contributed by atoms with van der Waals surface area (Å²) in [7, 11) is 0. The van der Waals surface area contributed by atoms with Gasteiger partial charge in [0.05, 0.1) is 12.6 Å². The third-order valence-electron chi connectivity index (χ3n) is 2.08. The average molecular weight is 259 g/mol. The van der Waals surface area contributed by atoms with E-state index in [0.717, 1.165) is 11.3 Å². The molecule has 0 aromatic heterocycles. The maximum atomic E-state index is 11.4. The largest absolute Gasteiger partial charge is 0.377 e. The monoisotopic (exact) mass is 258 g/mol. The van der Waals surface area contributed by atoms with E-state index in [1.54, 1.807) is 6.92 Å². The molecule has 17 heavy (non-hydrogen) atoms. The molecule has 1 aromatic rings. The smallest absolute Gasteiger partial charge is 0.240 e. The third-order valence-corrected chi connectivity index (χ3v) is 2.08. The second-order valence-electron chi connectivity index (χ2n) is 3.62. The molecule has 96 valence electrons. The molecule has 5 heteroatoms. The number of carbonyl (C=O) groups is 1. The minimum Gasteiger partial charge on any atom is -0.377 e. The Morgan fingerprint density at radius 3 is 2.82 bits per heavy atom. The van der Waals surface area contributed by atoms with E-state index in [-0.39, 0.29) is 18.3 Å². The average Bonchev–Trinajstić information content (AvgIpc) is 2.26. The molecular formula is C12H19ClN2O2. The second kappa shape index (κ2) is 8.06. The highest BCUT2D eigenvalue weighted by Gasteiger charge is 2.07. The van der Waals surface area contributed by atoms with Gasteiger partial charge in [-0.1, -0.05) is 12.1 Å². The van der Waals surface area contributed by atoms with Crippen LogP contribution in [0.15, 0.2) is 24.3 Å². The molecule has 1 rings (SSSR count). The van der Waals surface area contributed by atoms with Crippen molar-refractivity contribution in [3.05, 3.63) is 29.8 Å². The lowest BCUT2D eigenvalue weighted by Crippen LogP contribution is -2.32. The Balaban J connectivity index is 0.00000256. The minimum atomic E-state index is -0.504. The van der Waals surface area contributed by atoms with Crippen LogP contribution < -0.4 is 11.1 Å². The molecule has 0 radical (unpaired) electrons. The molecule has 0 fully saturated rings. The molecular weight excluding hydrogens is 240 g/mol. The van der Waals surface area contributed by atoms with Crippen LogP contribution >= 0.6 is 12.4 Å². The molecule has 1 amide bonds. The predicted octanol–water partition coefficient (Wildman–Crippen LogP) is 1.93. The number of amides is 1. The van der Waals surface area contributed by atoms with E-state index in [0.29, 0.717) is 13.2 Å². The molecule has 0 aliphatic carbocycles. The van der Waals surface area contributed by atoms with Crippen LogP contribution in [0.4, 0.5) is 5.69 Å². The SMILES string of the molecule is CCOCc1cccc(NC(=O)[C@H](C)N)c1.Cl. The Morgan fingerprint density at radius 2 is 2.24 bits per heavy atom. The Morgan fingerprint density at radius 1 is 1.53 bits per heavy atom. The summed E-state index contributed by atoms with van der Waals surface area (Å²) in [6.45, 7) is 4.83. The molecule has 1 atom stereocenters. The van der Waals surface area contributed by atoms with Gasteiger partial charge in [-0.15, -0.1) is 12.4 Å². The molecule has 0 heterocycles. The topological polar surface area (TPSA) is 64.3 Å². The first kappa shape index (κ1) is 15.9. The van der Waals surface area contributed by atoms with Crippen molar-refractivity contribution in [2.24, 2.45) is 5.73 Å². The zero-order valence-electron chi connectivity index (χ0n) is 10.1. The fourth-order valence-electron chi connectivity index (χ4n) is 1.21. The summed E-state index contributed by atoms with van der Waals surface area (Å²) in [4.78, 5) is 11.4. The van der Waals surface area contributed by atoms with Crippen molar-refractivity contribution in [2.75, 3.05) is 11.9 Å². The molecule has 0 aliphatic heterocycles. The number of hydrogen-bond donors (Lipinski definition) is 2. The van der Waals surface area contributed by atoms with E-state index < -0.39 is 6.04 Å². The van der Waals surface area contributed by atoms with Crippen molar-refractivity contribution in [3.8, 4) is 0 Å². The number of ether oxygens (including phenoxy) is 1. The number of halogens is 1. The number of carbonyl (C=O) groups excluding carboxylic acids is 1. The Hall–Kier alpha value is -1.10. The normalized spacial score (nSPS) is 11.5. The third kappa shape index (κ3) is 5.68. The highest BCUT2D eigenvalue weighted by molar-refractivity contribution is 5.94. The summed E-state index contributed by atoms with van der Waals surface area (Å²) in [6.07, 6.45) is 0. The fourth-order valence-corrected chi connectivity index (χ4v) is 1.21. The lowest BCUT2D eigenvalue weighted by molar-refractivity contribution is -0.117. The molecule has 0 saturated carbocycles. The Bertz CT molecular complexity index is 356. The lowest BCUT2D eigenvalue weighted by atomic mass is 10.2. The highest BCUT2D eigenvalue weighted by atomic mass is 35.5. The van der Waals surface area contributed by atoms with Gasteiger partial charge in [0.15, 0.2) is 0 Å². The van der Waals surface area contributed by atoms with Crippen LogP contribution in [0.2, 0.25) is 0 Å². The van der Waals surface area contributed by atoms with Crippen LogP contribution in [0.3, 0.4) is 0 Å². The Kier molecular flexibility index (Phi) is 7.54. The van der Waals surface area contributed by atoms with E-state index in [4.69, 9.17) is 10.5 Å². The van der Waals surface area contributed by atoms with E-state index in [1.165, 1.54) is 0 Å². The molecule has 3 N–H and O–H groups in total. The summed E-state index contributed by atoms with van der Waals surface area (Å²) >= 11 is 0. The van der Waals surface area contributed by atoms with Crippen LogP contribution in [-0.2, 0) is 16.1 Å². The van der Waals surface area contributed by atoms with Gasteiger partial charge in [-0.25, -0.2) is 0 Å². The van der Waals surface area contributed by atoms with Gasteiger partial charge in [-0.05, 0) is 31.5 Å². The van der Waals surface area contributed by atoms with Crippen LogP contribution in [-0.4, -0.2) is 18.6 Å². The number of hydrogen-bond acceptors (Lipinski definition) is 3. The molecule has 4 nitrogen and oxygen atoms in total. The molecule has 1 aromatic carbocycles. The van der Waals surface area contributed by atoms with Crippen molar-refractivity contribution in [3.63, 3.8) is 0 Å². The lowest BCUT2D eigenvalue weighted by Gasteiger charge is -2.09. The first-order chi connectivity index (χ1) is 7.63. The zero-order chi connectivity index (χ0) is 12.0. The van der Waals surface area contributed by atoms with Crippen LogP contribution in [0, 0.1) is 0 Å². The van der Waals surface area contributed by atoms with Gasteiger partial charge in [-0.3, -0.25) is 4.79 Å². The van der Waals surface area contributed by atoms with E-state index in [2.05, 4.69) is 5.32 Å². The van der Waals surface area contributed by atoms with Gasteiger partial charge in [-0.2, -0.15) is 0 Å². The van der Waals surface area contributed by atoms with E-state index in [9.17, 15) is 4.79 Å². The van der Waals surface area contributed by atoms with Gasteiger partial charge in [0.2, 0.25) is 5.91 Å². The standard InChI is InChI=1S/C12H18N2O2.ClH/c1-3-16-8-10-5-4-6-11(7-10)14-12(15)9(2)13;/h4-7,9H,3,8,13H2,1-2H3,(H,14,15);1H/t9-;/m0./s1. The van der Waals surface area contributed by atoms with Crippen molar-refractivity contribution in [1.29, 1.82) is 0 Å². The summed E-state index contributed by atoms with van der Waals surface area (Å²) in [5.74, 6) is -0.187. The van der Waals surface area contributed by atoms with Crippen molar-refractivity contribution >= 4 is 24.0 Å². The van der Waals surface area contributed by atoms with Crippen LogP contribution in [0.5, 0.6) is 0 Å². The highest BCUT2D eigenvalue weighted by Crippen LogP contribution is 2.11. The molecule has 0 bridgehead atoms. The quantitative estimate of drug-likeness (QED) is 0.848. The second-order valence-corrected chi connectivity index (χ2v) is 3.62. The number of anilines is 1. The molecule has 0 saturated heterocycles. The van der Waals surface area contributed by atoms with E-state index >= 15 is 0 Å². The fraction of sp³-hybridized carbons (Fsp3) is 0.417. The van der Waals surface area contributed by atoms with Crippen LogP contribution in [0.1, 0.15) is 19.4 Å². The number of benzene rings is 1. The van der Waals surface area contributed by atoms with Gasteiger partial charge in [0.25, 0.3) is 0 Å². The number of nitrogens with one attached hydrogen (secondary N) is 1. The summed E-state index contributed by atoms with van der Waals surface area (Å²) in [6, 6.07) is 7.05. The predicted molar refractivity (Wildman–Crippen MR) is 71.3 cm³/mol. The van der Waals surface area contributed by atoms with E-state index in [1.807, 2.05) is 31.2 Å².